The number of urea groups is 1. The molecule has 0 saturated carbocycles. The molecule has 5 nitrogen and oxygen atoms in total. The number of amides is 2. The summed E-state index contributed by atoms with van der Waals surface area (Å²) in [4.78, 5) is 14.8. The topological polar surface area (TPSA) is 66.5 Å². The van der Waals surface area contributed by atoms with Gasteiger partial charge in [-0.3, -0.25) is 0 Å². The molecule has 1 fully saturated rings. The van der Waals surface area contributed by atoms with Crippen LogP contribution in [0.15, 0.2) is 35.2 Å². The van der Waals surface area contributed by atoms with Gasteiger partial charge in [-0.15, -0.1) is 11.8 Å². The summed E-state index contributed by atoms with van der Waals surface area (Å²) in [5, 5.41) is 2.45. The molecule has 0 aliphatic carbocycles. The van der Waals surface area contributed by atoms with E-state index >= 15 is 0 Å². The average molecular weight is 342 g/mol. The van der Waals surface area contributed by atoms with Gasteiger partial charge < -0.3 is 10.2 Å². The van der Waals surface area contributed by atoms with Crippen molar-refractivity contribution in [3.63, 3.8) is 0 Å². The van der Waals surface area contributed by atoms with Crippen molar-refractivity contribution in [1.82, 2.24) is 10.2 Å². The number of benzene rings is 1. The fourth-order valence-electron chi connectivity index (χ4n) is 2.35. The number of nitrogens with zero attached hydrogens (tertiary/aromatic N) is 1. The Morgan fingerprint density at radius 1 is 1.36 bits per heavy atom. The first-order valence-electron chi connectivity index (χ1n) is 7.36. The average Bonchev–Trinajstić information content (AvgIpc) is 2.98. The minimum absolute atomic E-state index is 0.157. The lowest BCUT2D eigenvalue weighted by molar-refractivity contribution is 0.209. The number of thioether (sulfide) groups is 1. The van der Waals surface area contributed by atoms with E-state index in [1.165, 1.54) is 11.2 Å². The normalized spacial score (nSPS) is 18.4. The first kappa shape index (κ1) is 17.1. The van der Waals surface area contributed by atoms with Crippen LogP contribution in [0.1, 0.15) is 12.8 Å². The van der Waals surface area contributed by atoms with Gasteiger partial charge in [0, 0.05) is 30.8 Å². The second-order valence-electron chi connectivity index (χ2n) is 5.43. The van der Waals surface area contributed by atoms with Crippen LogP contribution < -0.4 is 5.32 Å². The summed E-state index contributed by atoms with van der Waals surface area (Å²) in [6, 6.07) is 9.99. The Morgan fingerprint density at radius 3 is 2.73 bits per heavy atom. The number of carbonyl (C=O) groups excluding carboxylic acids is 1. The van der Waals surface area contributed by atoms with Gasteiger partial charge in [0.1, 0.15) is 0 Å². The third kappa shape index (κ3) is 5.21. The quantitative estimate of drug-likeness (QED) is 0.634. The Bertz CT molecular complexity index is 590. The number of sulfone groups is 1. The van der Waals surface area contributed by atoms with Crippen molar-refractivity contribution < 1.29 is 13.2 Å². The maximum atomic E-state index is 12.0. The van der Waals surface area contributed by atoms with Crippen molar-refractivity contribution in [3.05, 3.63) is 30.3 Å². The first-order valence-corrected chi connectivity index (χ1v) is 10.3. The summed E-state index contributed by atoms with van der Waals surface area (Å²) in [5.41, 5.74) is 0. The molecule has 1 aromatic carbocycles. The van der Waals surface area contributed by atoms with Crippen molar-refractivity contribution >= 4 is 27.6 Å². The molecule has 7 heteroatoms. The Labute approximate surface area is 136 Å². The molecule has 1 heterocycles. The lowest BCUT2D eigenvalue weighted by Gasteiger charge is -2.17. The molecule has 22 heavy (non-hydrogen) atoms. The summed E-state index contributed by atoms with van der Waals surface area (Å²) >= 11 is 1.76. The fourth-order valence-corrected chi connectivity index (χ4v) is 4.21. The van der Waals surface area contributed by atoms with E-state index in [0.717, 1.165) is 12.2 Å². The zero-order chi connectivity index (χ0) is 16.0. The number of hydrogen-bond acceptors (Lipinski definition) is 4. The van der Waals surface area contributed by atoms with Crippen molar-refractivity contribution in [2.24, 2.45) is 0 Å². The fraction of sp³-hybridized carbons (Fsp3) is 0.533. The Morgan fingerprint density at radius 2 is 2.09 bits per heavy atom. The standard InChI is InChI=1S/C15H22N2O3S2/c1-22(19,20)14-8-10-17(12-14)15(18)16-9-5-11-21-13-6-3-2-4-7-13/h2-4,6-7,14H,5,8-12H2,1H3,(H,16,18). The Kier molecular flexibility index (Phi) is 6.14. The number of likely N-dealkylation sites (tertiary alicyclic amines) is 1. The van der Waals surface area contributed by atoms with Gasteiger partial charge >= 0.3 is 6.03 Å². The highest BCUT2D eigenvalue weighted by Gasteiger charge is 2.32. The van der Waals surface area contributed by atoms with E-state index in [1.807, 2.05) is 18.2 Å². The van der Waals surface area contributed by atoms with Crippen molar-refractivity contribution in [3.8, 4) is 0 Å². The number of carbonyl (C=O) groups is 1. The van der Waals surface area contributed by atoms with E-state index in [9.17, 15) is 13.2 Å². The third-order valence-electron chi connectivity index (χ3n) is 3.65. The monoisotopic (exact) mass is 342 g/mol. The van der Waals surface area contributed by atoms with E-state index in [2.05, 4.69) is 17.4 Å². The van der Waals surface area contributed by atoms with Crippen LogP contribution in [0.25, 0.3) is 0 Å². The van der Waals surface area contributed by atoms with Crippen LogP contribution in [0.3, 0.4) is 0 Å². The Balaban J connectivity index is 1.62. The molecule has 1 atom stereocenters. The van der Waals surface area contributed by atoms with Crippen LogP contribution in [-0.2, 0) is 9.84 Å². The number of nitrogens with one attached hydrogen (secondary N) is 1. The van der Waals surface area contributed by atoms with E-state index in [-0.39, 0.29) is 6.03 Å². The number of hydrogen-bond donors (Lipinski definition) is 1. The SMILES string of the molecule is CS(=O)(=O)C1CCN(C(=O)NCCCSc2ccccc2)C1. The molecule has 0 bridgehead atoms. The summed E-state index contributed by atoms with van der Waals surface area (Å²) in [5.74, 6) is 0.941. The molecule has 122 valence electrons. The predicted molar refractivity (Wildman–Crippen MR) is 90.0 cm³/mol. The lowest BCUT2D eigenvalue weighted by Crippen LogP contribution is -2.40. The van der Waals surface area contributed by atoms with Gasteiger partial charge in [-0.2, -0.15) is 0 Å². The highest BCUT2D eigenvalue weighted by molar-refractivity contribution is 7.99. The smallest absolute Gasteiger partial charge is 0.317 e. The summed E-state index contributed by atoms with van der Waals surface area (Å²) < 4.78 is 22.9. The summed E-state index contributed by atoms with van der Waals surface area (Å²) in [7, 11) is -3.05. The molecule has 0 radical (unpaired) electrons. The predicted octanol–water partition coefficient (Wildman–Crippen LogP) is 2.00. The summed E-state index contributed by atoms with van der Waals surface area (Å²) in [6.45, 7) is 1.43. The molecule has 2 amide bonds. The van der Waals surface area contributed by atoms with Crippen molar-refractivity contribution in [2.75, 3.05) is 31.6 Å². The minimum Gasteiger partial charge on any atom is -0.338 e. The maximum Gasteiger partial charge on any atom is 0.317 e. The molecular formula is C15H22N2O3S2. The second-order valence-corrected chi connectivity index (χ2v) is 8.93. The molecular weight excluding hydrogens is 320 g/mol. The van der Waals surface area contributed by atoms with Crippen LogP contribution in [0.4, 0.5) is 4.79 Å². The largest absolute Gasteiger partial charge is 0.338 e. The molecule has 1 aliphatic heterocycles. The van der Waals surface area contributed by atoms with Crippen LogP contribution >= 0.6 is 11.8 Å². The maximum absolute atomic E-state index is 12.0. The zero-order valence-electron chi connectivity index (χ0n) is 12.7. The van der Waals surface area contributed by atoms with Gasteiger partial charge in [-0.05, 0) is 30.7 Å². The molecule has 0 spiro atoms. The van der Waals surface area contributed by atoms with Crippen LogP contribution in [-0.4, -0.2) is 56.2 Å². The van der Waals surface area contributed by atoms with Gasteiger partial charge in [-0.1, -0.05) is 18.2 Å². The first-order chi connectivity index (χ1) is 10.5. The molecule has 1 unspecified atom stereocenters. The van der Waals surface area contributed by atoms with Crippen LogP contribution in [0.5, 0.6) is 0 Å². The van der Waals surface area contributed by atoms with E-state index in [1.54, 1.807) is 16.7 Å². The Hall–Kier alpha value is -1.21. The van der Waals surface area contributed by atoms with Gasteiger partial charge in [0.25, 0.3) is 0 Å². The van der Waals surface area contributed by atoms with Crippen LogP contribution in [0, 0.1) is 0 Å². The summed E-state index contributed by atoms with van der Waals surface area (Å²) in [6.07, 6.45) is 2.66. The minimum atomic E-state index is -3.05. The highest BCUT2D eigenvalue weighted by Crippen LogP contribution is 2.18. The van der Waals surface area contributed by atoms with Crippen LogP contribution in [0.2, 0.25) is 0 Å². The highest BCUT2D eigenvalue weighted by atomic mass is 32.2. The molecule has 1 N–H and O–H groups in total. The van der Waals surface area contributed by atoms with Crippen molar-refractivity contribution in [2.45, 2.75) is 23.0 Å². The van der Waals surface area contributed by atoms with Gasteiger partial charge in [0.05, 0.1) is 5.25 Å². The van der Waals surface area contributed by atoms with Crippen molar-refractivity contribution in [1.29, 1.82) is 0 Å². The van der Waals surface area contributed by atoms with E-state index < -0.39 is 15.1 Å². The zero-order valence-corrected chi connectivity index (χ0v) is 14.3. The molecule has 2 rings (SSSR count). The third-order valence-corrected chi connectivity index (χ3v) is 6.34. The molecule has 1 saturated heterocycles. The molecule has 1 aliphatic rings. The second kappa shape index (κ2) is 7.87. The van der Waals surface area contributed by atoms with E-state index in [4.69, 9.17) is 0 Å². The van der Waals surface area contributed by atoms with E-state index in [0.29, 0.717) is 26.1 Å². The molecule has 0 aromatic heterocycles. The van der Waals surface area contributed by atoms with Gasteiger partial charge in [0.15, 0.2) is 9.84 Å². The van der Waals surface area contributed by atoms with Gasteiger partial charge in [0.2, 0.25) is 0 Å². The lowest BCUT2D eigenvalue weighted by atomic mass is 10.4. The van der Waals surface area contributed by atoms with Gasteiger partial charge in [-0.25, -0.2) is 13.2 Å². The number of rotatable bonds is 6. The molecule has 1 aromatic rings.